The minimum absolute atomic E-state index is 0.164. The molecule has 4 aromatic rings. The third-order valence-corrected chi connectivity index (χ3v) is 5.98. The first-order chi connectivity index (χ1) is 13.1. The van der Waals surface area contributed by atoms with Gasteiger partial charge >= 0.3 is 0 Å². The zero-order chi connectivity index (χ0) is 18.9. The molecule has 1 aromatic heterocycles. The number of pyridine rings is 1. The molecule has 0 bridgehead atoms. The van der Waals surface area contributed by atoms with Crippen LogP contribution in [0.15, 0.2) is 77.8 Å². The Kier molecular flexibility index (Phi) is 4.51. The minimum Gasteiger partial charge on any atom is -0.496 e. The molecule has 6 heteroatoms. The van der Waals surface area contributed by atoms with Crippen molar-refractivity contribution in [1.82, 2.24) is 9.71 Å². The molecule has 0 radical (unpaired) electrons. The summed E-state index contributed by atoms with van der Waals surface area (Å²) in [5.41, 5.74) is 1.62. The second-order valence-electron chi connectivity index (χ2n) is 6.13. The Morgan fingerprint density at radius 1 is 0.926 bits per heavy atom. The molecule has 0 aliphatic carbocycles. The highest BCUT2D eigenvalue weighted by atomic mass is 32.2. The summed E-state index contributed by atoms with van der Waals surface area (Å²) in [5.74, 6) is 0.641. The van der Waals surface area contributed by atoms with Crippen molar-refractivity contribution in [3.05, 3.63) is 78.5 Å². The van der Waals surface area contributed by atoms with E-state index in [1.54, 1.807) is 31.5 Å². The number of para-hydroxylation sites is 1. The molecule has 0 unspecified atom stereocenters. The van der Waals surface area contributed by atoms with E-state index in [4.69, 9.17) is 4.74 Å². The second-order valence-corrected chi connectivity index (χ2v) is 7.86. The van der Waals surface area contributed by atoms with E-state index >= 15 is 0 Å². The smallest absolute Gasteiger partial charge is 0.241 e. The van der Waals surface area contributed by atoms with Gasteiger partial charge < -0.3 is 4.74 Å². The maximum Gasteiger partial charge on any atom is 0.241 e. The summed E-state index contributed by atoms with van der Waals surface area (Å²) in [5, 5.41) is 2.36. The number of rotatable bonds is 5. The van der Waals surface area contributed by atoms with Crippen LogP contribution in [-0.4, -0.2) is 20.5 Å². The lowest BCUT2D eigenvalue weighted by Gasteiger charge is -2.12. The highest BCUT2D eigenvalue weighted by molar-refractivity contribution is 7.89. The van der Waals surface area contributed by atoms with Gasteiger partial charge in [0.15, 0.2) is 0 Å². The number of methoxy groups -OCH3 is 1. The number of nitrogens with one attached hydrogen (secondary N) is 1. The molecule has 1 N–H and O–H groups in total. The van der Waals surface area contributed by atoms with Gasteiger partial charge in [0.05, 0.1) is 17.5 Å². The van der Waals surface area contributed by atoms with Gasteiger partial charge in [-0.3, -0.25) is 4.98 Å². The predicted octanol–water partition coefficient (Wildman–Crippen LogP) is 3.88. The molecule has 1 heterocycles. The highest BCUT2D eigenvalue weighted by Crippen LogP contribution is 2.30. The van der Waals surface area contributed by atoms with Crippen molar-refractivity contribution in [3.8, 4) is 5.75 Å². The number of ether oxygens (including phenoxy) is 1. The zero-order valence-corrected chi connectivity index (χ0v) is 15.5. The van der Waals surface area contributed by atoms with Crippen molar-refractivity contribution in [2.45, 2.75) is 11.4 Å². The average molecular weight is 378 g/mol. The SMILES string of the molecule is COc1ccc(S(=O)(=O)NCc2cccc3cccnc23)c2ccccc12. The standard InChI is InChI=1S/C21H18N2O3S/c1-26-19-11-12-20(18-10-3-2-9-17(18)19)27(24,25)23-14-16-7-4-6-15-8-5-13-22-21(15)16/h2-13,23H,14H2,1H3. The fourth-order valence-electron chi connectivity index (χ4n) is 3.22. The van der Waals surface area contributed by atoms with Crippen LogP contribution >= 0.6 is 0 Å². The van der Waals surface area contributed by atoms with Crippen molar-refractivity contribution < 1.29 is 13.2 Å². The van der Waals surface area contributed by atoms with E-state index in [9.17, 15) is 8.42 Å². The van der Waals surface area contributed by atoms with Crippen molar-refractivity contribution in [1.29, 1.82) is 0 Å². The van der Waals surface area contributed by atoms with E-state index in [1.807, 2.05) is 48.5 Å². The number of aromatic nitrogens is 1. The van der Waals surface area contributed by atoms with E-state index in [0.717, 1.165) is 21.9 Å². The molecule has 5 nitrogen and oxygen atoms in total. The van der Waals surface area contributed by atoms with Crippen LogP contribution in [0.3, 0.4) is 0 Å². The van der Waals surface area contributed by atoms with Crippen LogP contribution in [0, 0.1) is 0 Å². The molecule has 0 spiro atoms. The van der Waals surface area contributed by atoms with Gasteiger partial charge in [-0.2, -0.15) is 0 Å². The van der Waals surface area contributed by atoms with Gasteiger partial charge in [0.1, 0.15) is 5.75 Å². The first kappa shape index (κ1) is 17.5. The Morgan fingerprint density at radius 3 is 2.52 bits per heavy atom. The fourth-order valence-corrected chi connectivity index (χ4v) is 4.43. The molecule has 0 aliphatic heterocycles. The summed E-state index contributed by atoms with van der Waals surface area (Å²) < 4.78 is 34.0. The number of hydrogen-bond donors (Lipinski definition) is 1. The van der Waals surface area contributed by atoms with Crippen LogP contribution in [0.2, 0.25) is 0 Å². The van der Waals surface area contributed by atoms with Crippen molar-refractivity contribution in [3.63, 3.8) is 0 Å². The van der Waals surface area contributed by atoms with E-state index in [-0.39, 0.29) is 11.4 Å². The summed E-state index contributed by atoms with van der Waals surface area (Å²) >= 11 is 0. The van der Waals surface area contributed by atoms with E-state index in [1.165, 1.54) is 0 Å². The second kappa shape index (κ2) is 6.98. The Hall–Kier alpha value is -2.96. The Morgan fingerprint density at radius 2 is 1.70 bits per heavy atom. The van der Waals surface area contributed by atoms with Crippen LogP contribution in [-0.2, 0) is 16.6 Å². The van der Waals surface area contributed by atoms with Crippen LogP contribution in [0.1, 0.15) is 5.56 Å². The summed E-state index contributed by atoms with van der Waals surface area (Å²) in [4.78, 5) is 4.60. The maximum absolute atomic E-state index is 13.0. The quantitative estimate of drug-likeness (QED) is 0.572. The molecule has 136 valence electrons. The van der Waals surface area contributed by atoms with Gasteiger partial charge in [0, 0.05) is 28.9 Å². The highest BCUT2D eigenvalue weighted by Gasteiger charge is 2.19. The van der Waals surface area contributed by atoms with E-state index in [0.29, 0.717) is 11.1 Å². The molecule has 0 fully saturated rings. The third-order valence-electron chi connectivity index (χ3n) is 4.52. The number of nitrogens with zero attached hydrogens (tertiary/aromatic N) is 1. The lowest BCUT2D eigenvalue weighted by atomic mass is 10.1. The largest absolute Gasteiger partial charge is 0.496 e. The number of benzene rings is 3. The molecule has 0 amide bonds. The van der Waals surface area contributed by atoms with Gasteiger partial charge in [-0.25, -0.2) is 13.1 Å². The molecule has 27 heavy (non-hydrogen) atoms. The topological polar surface area (TPSA) is 68.3 Å². The molecule has 0 aliphatic rings. The summed E-state index contributed by atoms with van der Waals surface area (Å²) in [6.07, 6.45) is 1.71. The molecule has 0 saturated heterocycles. The van der Waals surface area contributed by atoms with Crippen LogP contribution in [0.25, 0.3) is 21.7 Å². The summed E-state index contributed by atoms with van der Waals surface area (Å²) in [6, 6.07) is 20.1. The number of fused-ring (bicyclic) bond motifs is 2. The van der Waals surface area contributed by atoms with Crippen molar-refractivity contribution >= 4 is 31.7 Å². The van der Waals surface area contributed by atoms with E-state index in [2.05, 4.69) is 9.71 Å². The lowest BCUT2D eigenvalue weighted by molar-refractivity contribution is 0.419. The van der Waals surface area contributed by atoms with Crippen molar-refractivity contribution in [2.24, 2.45) is 0 Å². The maximum atomic E-state index is 13.0. The van der Waals surface area contributed by atoms with Gasteiger partial charge in [-0.05, 0) is 23.8 Å². The number of hydrogen-bond acceptors (Lipinski definition) is 4. The molecule has 0 atom stereocenters. The van der Waals surface area contributed by atoms with E-state index < -0.39 is 10.0 Å². The summed E-state index contributed by atoms with van der Waals surface area (Å²) in [7, 11) is -2.14. The number of sulfonamides is 1. The Bertz CT molecular complexity index is 1230. The van der Waals surface area contributed by atoms with Crippen molar-refractivity contribution in [2.75, 3.05) is 7.11 Å². The zero-order valence-electron chi connectivity index (χ0n) is 14.7. The Balaban J connectivity index is 1.71. The monoisotopic (exact) mass is 378 g/mol. The lowest BCUT2D eigenvalue weighted by Crippen LogP contribution is -2.23. The fraction of sp³-hybridized carbons (Fsp3) is 0.0952. The third kappa shape index (κ3) is 3.25. The van der Waals surface area contributed by atoms with Gasteiger partial charge in [-0.15, -0.1) is 0 Å². The van der Waals surface area contributed by atoms with Crippen LogP contribution in [0.4, 0.5) is 0 Å². The van der Waals surface area contributed by atoms with Gasteiger partial charge in [-0.1, -0.05) is 48.5 Å². The molecular weight excluding hydrogens is 360 g/mol. The minimum atomic E-state index is -3.71. The van der Waals surface area contributed by atoms with Gasteiger partial charge in [0.25, 0.3) is 0 Å². The average Bonchev–Trinajstić information content (AvgIpc) is 2.71. The normalized spacial score (nSPS) is 11.7. The van der Waals surface area contributed by atoms with Crippen LogP contribution in [0.5, 0.6) is 5.75 Å². The first-order valence-corrected chi connectivity index (χ1v) is 9.96. The predicted molar refractivity (Wildman–Crippen MR) is 106 cm³/mol. The Labute approximate surface area is 157 Å². The molecular formula is C21H18N2O3S. The van der Waals surface area contributed by atoms with Gasteiger partial charge in [0.2, 0.25) is 10.0 Å². The first-order valence-electron chi connectivity index (χ1n) is 8.48. The molecule has 0 saturated carbocycles. The molecule has 3 aromatic carbocycles. The summed E-state index contributed by atoms with van der Waals surface area (Å²) in [6.45, 7) is 0.164. The molecule has 4 rings (SSSR count). The van der Waals surface area contributed by atoms with Crippen LogP contribution < -0.4 is 9.46 Å².